The summed E-state index contributed by atoms with van der Waals surface area (Å²) in [7, 11) is -3.74. The molecule has 174 valence electrons. The molecular weight excluding hydrogens is 426 g/mol. The van der Waals surface area contributed by atoms with Crippen molar-refractivity contribution in [3.63, 3.8) is 0 Å². The minimum atomic E-state index is -3.74. The molecule has 0 spiro atoms. The van der Waals surface area contributed by atoms with Crippen LogP contribution >= 0.6 is 0 Å². The molecule has 7 nitrogen and oxygen atoms in total. The normalized spacial score (nSPS) is 12.2. The van der Waals surface area contributed by atoms with Crippen molar-refractivity contribution < 1.29 is 18.0 Å². The van der Waals surface area contributed by atoms with Gasteiger partial charge in [0.05, 0.1) is 11.9 Å². The maximum atomic E-state index is 13.4. The minimum absolute atomic E-state index is 0.198. The molecule has 0 radical (unpaired) electrons. The molecule has 0 fully saturated rings. The largest absolute Gasteiger partial charge is 0.355 e. The number of carbonyl (C=O) groups is 2. The molecule has 8 heteroatoms. The van der Waals surface area contributed by atoms with E-state index in [0.29, 0.717) is 12.2 Å². The van der Waals surface area contributed by atoms with Gasteiger partial charge in [-0.2, -0.15) is 0 Å². The summed E-state index contributed by atoms with van der Waals surface area (Å²) in [6, 6.07) is 12.3. The summed E-state index contributed by atoms with van der Waals surface area (Å²) in [6.07, 6.45) is 1.08. The first-order valence-electron chi connectivity index (χ1n) is 10.6. The molecule has 2 amide bonds. The third-order valence-corrected chi connectivity index (χ3v) is 6.60. The summed E-state index contributed by atoms with van der Waals surface area (Å²) in [6.45, 7) is 9.38. The van der Waals surface area contributed by atoms with Gasteiger partial charge in [0, 0.05) is 13.1 Å². The summed E-state index contributed by atoms with van der Waals surface area (Å²) in [4.78, 5) is 27.4. The molecule has 0 saturated carbocycles. The minimum Gasteiger partial charge on any atom is -0.355 e. The fourth-order valence-electron chi connectivity index (χ4n) is 3.51. The number of likely N-dealkylation sites (N-methyl/N-ethyl adjacent to an activating group) is 1. The van der Waals surface area contributed by atoms with E-state index < -0.39 is 28.5 Å². The van der Waals surface area contributed by atoms with Crippen molar-refractivity contribution in [2.75, 3.05) is 23.7 Å². The lowest BCUT2D eigenvalue weighted by atomic mass is 10.1. The average Bonchev–Trinajstić information content (AvgIpc) is 2.71. The lowest BCUT2D eigenvalue weighted by Crippen LogP contribution is -2.51. The van der Waals surface area contributed by atoms with Gasteiger partial charge in [0.1, 0.15) is 12.6 Å². The smallest absolute Gasteiger partial charge is 0.244 e. The van der Waals surface area contributed by atoms with Crippen molar-refractivity contribution in [3.05, 3.63) is 64.7 Å². The number of rotatable bonds is 9. The van der Waals surface area contributed by atoms with E-state index in [9.17, 15) is 18.0 Å². The fourth-order valence-corrected chi connectivity index (χ4v) is 4.41. The van der Waals surface area contributed by atoms with Gasteiger partial charge < -0.3 is 10.2 Å². The number of benzene rings is 2. The number of sulfonamides is 1. The SMILES string of the molecule is CCNC(=O)C(C)N(Cc1cccc(C)c1)C(=O)CN(c1cccc(C)c1C)S(C)(=O)=O. The molecule has 2 aromatic rings. The van der Waals surface area contributed by atoms with E-state index in [-0.39, 0.29) is 12.5 Å². The molecule has 2 rings (SSSR count). The van der Waals surface area contributed by atoms with Gasteiger partial charge in [0.2, 0.25) is 21.8 Å². The summed E-state index contributed by atoms with van der Waals surface area (Å²) >= 11 is 0. The summed E-state index contributed by atoms with van der Waals surface area (Å²) in [5.74, 6) is -0.734. The highest BCUT2D eigenvalue weighted by Gasteiger charge is 2.30. The molecular formula is C24H33N3O4S. The fraction of sp³-hybridized carbons (Fsp3) is 0.417. The average molecular weight is 460 g/mol. The Hall–Kier alpha value is -2.87. The van der Waals surface area contributed by atoms with E-state index in [1.54, 1.807) is 19.1 Å². The number of anilines is 1. The van der Waals surface area contributed by atoms with Crippen molar-refractivity contribution in [3.8, 4) is 0 Å². The van der Waals surface area contributed by atoms with E-state index >= 15 is 0 Å². The van der Waals surface area contributed by atoms with Gasteiger partial charge in [-0.05, 0) is 57.4 Å². The van der Waals surface area contributed by atoms with Crippen molar-refractivity contribution in [1.29, 1.82) is 0 Å². The molecule has 0 heterocycles. The number of nitrogens with one attached hydrogen (secondary N) is 1. The Morgan fingerprint density at radius 2 is 1.72 bits per heavy atom. The van der Waals surface area contributed by atoms with Crippen molar-refractivity contribution >= 4 is 27.5 Å². The van der Waals surface area contributed by atoms with Crippen molar-refractivity contribution in [1.82, 2.24) is 10.2 Å². The second-order valence-corrected chi connectivity index (χ2v) is 9.98. The van der Waals surface area contributed by atoms with Gasteiger partial charge in [0.25, 0.3) is 0 Å². The Balaban J connectivity index is 2.43. The van der Waals surface area contributed by atoms with Crippen LogP contribution in [0.15, 0.2) is 42.5 Å². The lowest BCUT2D eigenvalue weighted by molar-refractivity contribution is -0.139. The second kappa shape index (κ2) is 10.6. The topological polar surface area (TPSA) is 86.8 Å². The molecule has 0 aliphatic heterocycles. The van der Waals surface area contributed by atoms with Crippen LogP contribution in [0, 0.1) is 20.8 Å². The second-order valence-electron chi connectivity index (χ2n) is 8.07. The maximum absolute atomic E-state index is 13.4. The molecule has 0 bridgehead atoms. The van der Waals surface area contributed by atoms with Gasteiger partial charge in [0.15, 0.2) is 0 Å². The van der Waals surface area contributed by atoms with Crippen LogP contribution in [-0.4, -0.2) is 50.5 Å². The summed E-state index contributed by atoms with van der Waals surface area (Å²) in [5.41, 5.74) is 4.08. The molecule has 0 aliphatic rings. The molecule has 0 aromatic heterocycles. The van der Waals surface area contributed by atoms with Crippen LogP contribution in [0.2, 0.25) is 0 Å². The van der Waals surface area contributed by atoms with Gasteiger partial charge in [-0.1, -0.05) is 42.0 Å². The van der Waals surface area contributed by atoms with Gasteiger partial charge in [-0.3, -0.25) is 13.9 Å². The van der Waals surface area contributed by atoms with E-state index in [0.717, 1.165) is 32.8 Å². The Morgan fingerprint density at radius 1 is 1.06 bits per heavy atom. The molecule has 1 atom stereocenters. The van der Waals surface area contributed by atoms with Crippen LogP contribution in [0.5, 0.6) is 0 Å². The first-order valence-corrected chi connectivity index (χ1v) is 12.5. The zero-order valence-electron chi connectivity index (χ0n) is 19.7. The number of nitrogens with zero attached hydrogens (tertiary/aromatic N) is 2. The standard InChI is InChI=1S/C24H33N3O4S/c1-7-25-24(29)20(5)26(15-21-12-8-10-17(2)14-21)23(28)16-27(32(6,30)31)22-13-9-11-18(3)19(22)4/h8-14,20H,7,15-16H2,1-6H3,(H,25,29). The summed E-state index contributed by atoms with van der Waals surface area (Å²) in [5, 5.41) is 2.74. The van der Waals surface area contributed by atoms with Crippen LogP contribution in [-0.2, 0) is 26.2 Å². The van der Waals surface area contributed by atoms with E-state index in [1.807, 2.05) is 58.0 Å². The predicted octanol–water partition coefficient (Wildman–Crippen LogP) is 2.93. The highest BCUT2D eigenvalue weighted by atomic mass is 32.2. The quantitative estimate of drug-likeness (QED) is 0.625. The molecule has 32 heavy (non-hydrogen) atoms. The number of hydrogen-bond donors (Lipinski definition) is 1. The van der Waals surface area contributed by atoms with Crippen molar-refractivity contribution in [2.45, 2.75) is 47.2 Å². The number of hydrogen-bond acceptors (Lipinski definition) is 4. The lowest BCUT2D eigenvalue weighted by Gasteiger charge is -2.32. The Kier molecular flexibility index (Phi) is 8.44. The highest BCUT2D eigenvalue weighted by molar-refractivity contribution is 7.92. The van der Waals surface area contributed by atoms with Gasteiger partial charge in [-0.25, -0.2) is 8.42 Å². The molecule has 1 unspecified atom stereocenters. The predicted molar refractivity (Wildman–Crippen MR) is 128 cm³/mol. The Labute approximate surface area is 191 Å². The van der Waals surface area contributed by atoms with Crippen LogP contribution in [0.4, 0.5) is 5.69 Å². The Bertz CT molecular complexity index is 1080. The van der Waals surface area contributed by atoms with Crippen LogP contribution in [0.25, 0.3) is 0 Å². The third-order valence-electron chi connectivity index (χ3n) is 5.48. The third kappa shape index (κ3) is 6.32. The zero-order valence-corrected chi connectivity index (χ0v) is 20.5. The highest BCUT2D eigenvalue weighted by Crippen LogP contribution is 2.25. The molecule has 1 N–H and O–H groups in total. The number of amides is 2. The number of carbonyl (C=O) groups excluding carboxylic acids is 2. The van der Waals surface area contributed by atoms with E-state index in [2.05, 4.69) is 5.32 Å². The zero-order chi connectivity index (χ0) is 24.1. The van der Waals surface area contributed by atoms with Crippen LogP contribution in [0.1, 0.15) is 36.1 Å². The summed E-state index contributed by atoms with van der Waals surface area (Å²) < 4.78 is 26.4. The van der Waals surface area contributed by atoms with Crippen molar-refractivity contribution in [2.24, 2.45) is 0 Å². The van der Waals surface area contributed by atoms with Gasteiger partial charge in [-0.15, -0.1) is 0 Å². The van der Waals surface area contributed by atoms with Gasteiger partial charge >= 0.3 is 0 Å². The van der Waals surface area contributed by atoms with Crippen LogP contribution in [0.3, 0.4) is 0 Å². The maximum Gasteiger partial charge on any atom is 0.244 e. The molecule has 2 aromatic carbocycles. The van der Waals surface area contributed by atoms with Crippen LogP contribution < -0.4 is 9.62 Å². The number of aryl methyl sites for hydroxylation is 2. The molecule has 0 aliphatic carbocycles. The first kappa shape index (κ1) is 25.4. The Morgan fingerprint density at radius 3 is 2.31 bits per heavy atom. The monoisotopic (exact) mass is 459 g/mol. The molecule has 0 saturated heterocycles. The van der Waals surface area contributed by atoms with E-state index in [4.69, 9.17) is 0 Å². The van der Waals surface area contributed by atoms with E-state index in [1.165, 1.54) is 4.90 Å². The first-order chi connectivity index (χ1) is 15.0.